The summed E-state index contributed by atoms with van der Waals surface area (Å²) in [5.74, 6) is 0. The van der Waals surface area contributed by atoms with E-state index in [1.54, 1.807) is 11.3 Å². The highest BCUT2D eigenvalue weighted by Gasteiger charge is 2.17. The highest BCUT2D eigenvalue weighted by Crippen LogP contribution is 2.25. The van der Waals surface area contributed by atoms with E-state index in [4.69, 9.17) is 4.98 Å². The molecule has 108 valence electrons. The van der Waals surface area contributed by atoms with Crippen LogP contribution in [0.5, 0.6) is 0 Å². The third-order valence-electron chi connectivity index (χ3n) is 3.56. The van der Waals surface area contributed by atoms with Gasteiger partial charge < -0.3 is 4.57 Å². The Bertz CT molecular complexity index is 793. The fourth-order valence-corrected chi connectivity index (χ4v) is 3.32. The average Bonchev–Trinajstić information content (AvgIpc) is 3.06. The lowest BCUT2D eigenvalue weighted by Crippen LogP contribution is -2.11. The van der Waals surface area contributed by atoms with Crippen LogP contribution in [-0.4, -0.2) is 15.8 Å². The van der Waals surface area contributed by atoms with Gasteiger partial charge in [-0.25, -0.2) is 4.98 Å². The minimum Gasteiger partial charge on any atom is -0.341 e. The van der Waals surface area contributed by atoms with Gasteiger partial charge in [-0.05, 0) is 24.3 Å². The summed E-state index contributed by atoms with van der Waals surface area (Å²) in [4.78, 5) is 15.6. The number of hydrogen-bond donors (Lipinski definition) is 0. The second-order valence-corrected chi connectivity index (χ2v) is 7.20. The lowest BCUT2D eigenvalue weighted by atomic mass is 9.93. The quantitative estimate of drug-likeness (QED) is 0.677. The first-order chi connectivity index (χ1) is 9.97. The summed E-state index contributed by atoms with van der Waals surface area (Å²) >= 11 is 1.70. The molecule has 0 aliphatic heterocycles. The number of rotatable bonds is 3. The first-order valence-corrected chi connectivity index (χ1v) is 7.84. The van der Waals surface area contributed by atoms with E-state index in [-0.39, 0.29) is 5.41 Å². The van der Waals surface area contributed by atoms with Crippen molar-refractivity contribution in [3.63, 3.8) is 0 Å². The van der Waals surface area contributed by atoms with Crippen LogP contribution in [0.4, 0.5) is 0 Å². The number of nitrogens with zero attached hydrogens (tertiary/aromatic N) is 2. The molecule has 0 unspecified atom stereocenters. The number of hydrogen-bond acceptors (Lipinski definition) is 3. The Morgan fingerprint density at radius 2 is 2.10 bits per heavy atom. The van der Waals surface area contributed by atoms with Gasteiger partial charge in [0.25, 0.3) is 0 Å². The van der Waals surface area contributed by atoms with E-state index in [0.717, 1.165) is 34.4 Å². The van der Waals surface area contributed by atoms with Gasteiger partial charge in [-0.15, -0.1) is 11.3 Å². The van der Waals surface area contributed by atoms with Gasteiger partial charge in [0, 0.05) is 33.5 Å². The molecule has 0 saturated carbocycles. The van der Waals surface area contributed by atoms with Crippen molar-refractivity contribution in [3.8, 4) is 0 Å². The molecule has 0 saturated heterocycles. The van der Waals surface area contributed by atoms with Crippen molar-refractivity contribution in [1.82, 2.24) is 9.55 Å². The molecule has 1 aromatic carbocycles. The lowest BCUT2D eigenvalue weighted by Gasteiger charge is -2.14. The molecule has 0 spiro atoms. The SMILES string of the molecule is CC(C)(C)c1csc(Cn2ccc3cc(C=O)ccc32)n1. The van der Waals surface area contributed by atoms with Gasteiger partial charge in [-0.1, -0.05) is 20.8 Å². The first-order valence-electron chi connectivity index (χ1n) is 6.96. The Kier molecular flexibility index (Phi) is 3.41. The Labute approximate surface area is 128 Å². The fourth-order valence-electron chi connectivity index (χ4n) is 2.30. The topological polar surface area (TPSA) is 34.9 Å². The van der Waals surface area contributed by atoms with E-state index >= 15 is 0 Å². The smallest absolute Gasteiger partial charge is 0.150 e. The molecule has 3 nitrogen and oxygen atoms in total. The zero-order valence-electron chi connectivity index (χ0n) is 12.5. The summed E-state index contributed by atoms with van der Waals surface area (Å²) in [6.45, 7) is 7.30. The normalized spacial score (nSPS) is 12.0. The number of aromatic nitrogens is 2. The van der Waals surface area contributed by atoms with Crippen LogP contribution in [0.25, 0.3) is 10.9 Å². The van der Waals surface area contributed by atoms with Gasteiger partial charge in [0.15, 0.2) is 0 Å². The Balaban J connectivity index is 1.91. The summed E-state index contributed by atoms with van der Waals surface area (Å²) in [5, 5.41) is 4.34. The van der Waals surface area contributed by atoms with Gasteiger partial charge in [0.2, 0.25) is 0 Å². The second-order valence-electron chi connectivity index (χ2n) is 6.26. The van der Waals surface area contributed by atoms with E-state index in [9.17, 15) is 4.79 Å². The molecule has 4 heteroatoms. The van der Waals surface area contributed by atoms with Crippen LogP contribution in [0, 0.1) is 0 Å². The molecule has 0 N–H and O–H groups in total. The van der Waals surface area contributed by atoms with Gasteiger partial charge in [-0.2, -0.15) is 0 Å². The predicted octanol–water partition coefficient (Wildman–Crippen LogP) is 4.26. The molecule has 0 amide bonds. The van der Waals surface area contributed by atoms with E-state index < -0.39 is 0 Å². The number of thiazole rings is 1. The molecule has 0 fully saturated rings. The maximum Gasteiger partial charge on any atom is 0.150 e. The second kappa shape index (κ2) is 5.11. The van der Waals surface area contributed by atoms with Crippen molar-refractivity contribution in [2.45, 2.75) is 32.7 Å². The predicted molar refractivity (Wildman–Crippen MR) is 87.2 cm³/mol. The van der Waals surface area contributed by atoms with Crippen LogP contribution >= 0.6 is 11.3 Å². The molecule has 0 atom stereocenters. The highest BCUT2D eigenvalue weighted by molar-refractivity contribution is 7.09. The summed E-state index contributed by atoms with van der Waals surface area (Å²) in [5.41, 5.74) is 3.08. The summed E-state index contributed by atoms with van der Waals surface area (Å²) in [6.07, 6.45) is 2.94. The minimum absolute atomic E-state index is 0.0897. The molecule has 0 aliphatic rings. The molecule has 21 heavy (non-hydrogen) atoms. The number of aldehydes is 1. The van der Waals surface area contributed by atoms with Gasteiger partial charge in [0.05, 0.1) is 12.2 Å². The van der Waals surface area contributed by atoms with Crippen LogP contribution in [0.3, 0.4) is 0 Å². The van der Waals surface area contributed by atoms with Crippen molar-refractivity contribution < 1.29 is 4.79 Å². The molecule has 3 aromatic rings. The summed E-state index contributed by atoms with van der Waals surface area (Å²) in [7, 11) is 0. The third-order valence-corrected chi connectivity index (χ3v) is 4.39. The van der Waals surface area contributed by atoms with Crippen LogP contribution < -0.4 is 0 Å². The van der Waals surface area contributed by atoms with Crippen LogP contribution in [0.15, 0.2) is 35.8 Å². The molecule has 0 bridgehead atoms. The van der Waals surface area contributed by atoms with E-state index in [1.165, 1.54) is 0 Å². The summed E-state index contributed by atoms with van der Waals surface area (Å²) < 4.78 is 2.18. The van der Waals surface area contributed by atoms with Gasteiger partial charge in [-0.3, -0.25) is 4.79 Å². The lowest BCUT2D eigenvalue weighted by molar-refractivity contribution is 0.112. The van der Waals surface area contributed by atoms with Crippen LogP contribution in [-0.2, 0) is 12.0 Å². The molecule has 0 aliphatic carbocycles. The zero-order valence-corrected chi connectivity index (χ0v) is 13.3. The number of carbonyl (C=O) groups is 1. The Morgan fingerprint density at radius 3 is 2.76 bits per heavy atom. The molecule has 3 rings (SSSR count). The van der Waals surface area contributed by atoms with Gasteiger partial charge in [0.1, 0.15) is 11.3 Å². The molecule has 0 radical (unpaired) electrons. The number of benzene rings is 1. The van der Waals surface area contributed by atoms with E-state index in [1.807, 2.05) is 24.3 Å². The molecule has 2 heterocycles. The largest absolute Gasteiger partial charge is 0.341 e. The first kappa shape index (κ1) is 14.0. The van der Waals surface area contributed by atoms with Crippen molar-refractivity contribution in [2.24, 2.45) is 0 Å². The minimum atomic E-state index is 0.0897. The standard InChI is InChI=1S/C17H18N2OS/c1-17(2,3)15-11-21-16(18-15)9-19-7-6-13-8-12(10-20)4-5-14(13)19/h4-8,10-11H,9H2,1-3H3. The average molecular weight is 298 g/mol. The molecular formula is C17H18N2OS. The maximum absolute atomic E-state index is 10.8. The maximum atomic E-state index is 10.8. The Hall–Kier alpha value is -1.94. The van der Waals surface area contributed by atoms with Crippen molar-refractivity contribution in [1.29, 1.82) is 0 Å². The van der Waals surface area contributed by atoms with Crippen LogP contribution in [0.1, 0.15) is 41.8 Å². The fraction of sp³-hybridized carbons (Fsp3) is 0.294. The van der Waals surface area contributed by atoms with Crippen molar-refractivity contribution >= 4 is 28.5 Å². The highest BCUT2D eigenvalue weighted by atomic mass is 32.1. The van der Waals surface area contributed by atoms with E-state index in [2.05, 4.69) is 36.9 Å². The number of fused-ring (bicyclic) bond motifs is 1. The third kappa shape index (κ3) is 2.76. The van der Waals surface area contributed by atoms with Crippen molar-refractivity contribution in [3.05, 3.63) is 52.1 Å². The summed E-state index contributed by atoms with van der Waals surface area (Å²) in [6, 6.07) is 7.81. The molecular weight excluding hydrogens is 280 g/mol. The van der Waals surface area contributed by atoms with E-state index in [0.29, 0.717) is 5.56 Å². The zero-order chi connectivity index (χ0) is 15.0. The monoisotopic (exact) mass is 298 g/mol. The van der Waals surface area contributed by atoms with Gasteiger partial charge >= 0.3 is 0 Å². The van der Waals surface area contributed by atoms with Crippen molar-refractivity contribution in [2.75, 3.05) is 0 Å². The molecule has 2 aromatic heterocycles. The Morgan fingerprint density at radius 1 is 1.29 bits per heavy atom. The number of carbonyl (C=O) groups excluding carboxylic acids is 1. The van der Waals surface area contributed by atoms with Crippen LogP contribution in [0.2, 0.25) is 0 Å².